The Labute approximate surface area is 93.0 Å². The molecule has 0 aliphatic rings. The first kappa shape index (κ1) is 14.4. The molecule has 3 heteroatoms. The lowest BCUT2D eigenvalue weighted by Crippen LogP contribution is -2.23. The second-order valence-electron chi connectivity index (χ2n) is 4.45. The van der Waals surface area contributed by atoms with Crippen LogP contribution in [0.4, 0.5) is 0 Å². The summed E-state index contributed by atoms with van der Waals surface area (Å²) in [5.41, 5.74) is 5.40. The van der Waals surface area contributed by atoms with Crippen LogP contribution in [0.1, 0.15) is 52.4 Å². The molecule has 0 aromatic carbocycles. The lowest BCUT2D eigenvalue weighted by molar-refractivity contribution is -0.141. The predicted molar refractivity (Wildman–Crippen MR) is 62.7 cm³/mol. The van der Waals surface area contributed by atoms with Crippen molar-refractivity contribution >= 4 is 5.97 Å². The number of aliphatic carboxylic acids is 1. The summed E-state index contributed by atoms with van der Waals surface area (Å²) < 4.78 is 0. The molecular weight excluding hydrogens is 190 g/mol. The molecular formula is C12H25NO2. The van der Waals surface area contributed by atoms with E-state index in [4.69, 9.17) is 10.8 Å². The molecule has 90 valence electrons. The number of carboxylic acid groups (broad SMARTS) is 1. The highest BCUT2D eigenvalue weighted by Gasteiger charge is 2.16. The Morgan fingerprint density at radius 1 is 1.27 bits per heavy atom. The van der Waals surface area contributed by atoms with Crippen molar-refractivity contribution < 1.29 is 9.90 Å². The predicted octanol–water partition coefficient (Wildman–Crippen LogP) is 2.64. The number of rotatable bonds is 9. The van der Waals surface area contributed by atoms with Crippen LogP contribution in [0.2, 0.25) is 0 Å². The van der Waals surface area contributed by atoms with Gasteiger partial charge in [-0.3, -0.25) is 4.79 Å². The van der Waals surface area contributed by atoms with Gasteiger partial charge in [0.05, 0.1) is 5.92 Å². The highest BCUT2D eigenvalue weighted by atomic mass is 16.4. The van der Waals surface area contributed by atoms with E-state index in [1.165, 1.54) is 25.7 Å². The average Bonchev–Trinajstić information content (AvgIpc) is 2.18. The highest BCUT2D eigenvalue weighted by Crippen LogP contribution is 2.18. The summed E-state index contributed by atoms with van der Waals surface area (Å²) in [4.78, 5) is 10.7. The topological polar surface area (TPSA) is 63.3 Å². The van der Waals surface area contributed by atoms with Crippen molar-refractivity contribution in [3.05, 3.63) is 0 Å². The van der Waals surface area contributed by atoms with Crippen molar-refractivity contribution in [2.75, 3.05) is 6.54 Å². The van der Waals surface area contributed by atoms with Crippen LogP contribution in [0.3, 0.4) is 0 Å². The molecule has 0 aromatic rings. The number of hydrogen-bond acceptors (Lipinski definition) is 2. The average molecular weight is 215 g/mol. The van der Waals surface area contributed by atoms with Gasteiger partial charge >= 0.3 is 5.97 Å². The van der Waals surface area contributed by atoms with Gasteiger partial charge in [0.1, 0.15) is 0 Å². The molecule has 0 aliphatic carbocycles. The molecule has 0 amide bonds. The summed E-state index contributed by atoms with van der Waals surface area (Å²) in [5.74, 6) is -0.471. The molecule has 0 spiro atoms. The van der Waals surface area contributed by atoms with Crippen LogP contribution in [0.5, 0.6) is 0 Å². The fraction of sp³-hybridized carbons (Fsp3) is 0.917. The molecule has 0 heterocycles. The minimum Gasteiger partial charge on any atom is -0.481 e. The Kier molecular flexibility index (Phi) is 8.38. The summed E-state index contributed by atoms with van der Waals surface area (Å²) in [6, 6.07) is 0. The third-order valence-corrected chi connectivity index (χ3v) is 2.94. The van der Waals surface area contributed by atoms with Gasteiger partial charge in [0, 0.05) is 6.54 Å². The molecule has 0 aliphatic heterocycles. The molecule has 15 heavy (non-hydrogen) atoms. The number of unbranched alkanes of at least 4 members (excludes halogenated alkanes) is 2. The summed E-state index contributed by atoms with van der Waals surface area (Å²) >= 11 is 0. The molecule has 3 nitrogen and oxygen atoms in total. The molecule has 0 aromatic heterocycles. The Bertz CT molecular complexity index is 171. The SMILES string of the molecule is CCCCCC(C)CCC(CN)C(=O)O. The standard InChI is InChI=1S/C12H25NO2/c1-3-4-5-6-10(2)7-8-11(9-13)12(14)15/h10-11H,3-9,13H2,1-2H3,(H,14,15). The smallest absolute Gasteiger partial charge is 0.307 e. The van der Waals surface area contributed by atoms with Gasteiger partial charge in [0.25, 0.3) is 0 Å². The third-order valence-electron chi connectivity index (χ3n) is 2.94. The maximum Gasteiger partial charge on any atom is 0.307 e. The van der Waals surface area contributed by atoms with Gasteiger partial charge in [-0.2, -0.15) is 0 Å². The maximum absolute atomic E-state index is 10.7. The van der Waals surface area contributed by atoms with E-state index in [1.807, 2.05) is 0 Å². The van der Waals surface area contributed by atoms with Gasteiger partial charge in [0.2, 0.25) is 0 Å². The van der Waals surface area contributed by atoms with Gasteiger partial charge < -0.3 is 10.8 Å². The molecule has 3 N–H and O–H groups in total. The van der Waals surface area contributed by atoms with E-state index in [1.54, 1.807) is 0 Å². The Morgan fingerprint density at radius 3 is 2.40 bits per heavy atom. The van der Waals surface area contributed by atoms with E-state index in [-0.39, 0.29) is 12.5 Å². The van der Waals surface area contributed by atoms with Gasteiger partial charge in [-0.15, -0.1) is 0 Å². The first-order valence-corrected chi connectivity index (χ1v) is 6.04. The normalized spacial score (nSPS) is 14.9. The Morgan fingerprint density at radius 2 is 1.93 bits per heavy atom. The minimum atomic E-state index is -0.752. The molecule has 2 atom stereocenters. The van der Waals surface area contributed by atoms with E-state index in [0.717, 1.165) is 12.8 Å². The van der Waals surface area contributed by atoms with Crippen LogP contribution in [0.15, 0.2) is 0 Å². The molecule has 2 unspecified atom stereocenters. The van der Waals surface area contributed by atoms with E-state index >= 15 is 0 Å². The van der Waals surface area contributed by atoms with E-state index in [9.17, 15) is 4.79 Å². The summed E-state index contributed by atoms with van der Waals surface area (Å²) in [6.07, 6.45) is 6.71. The lowest BCUT2D eigenvalue weighted by Gasteiger charge is -2.14. The van der Waals surface area contributed by atoms with Crippen molar-refractivity contribution in [2.45, 2.75) is 52.4 Å². The summed E-state index contributed by atoms with van der Waals surface area (Å²) in [5, 5.41) is 8.82. The molecule has 0 saturated carbocycles. The number of carboxylic acids is 1. The number of nitrogens with two attached hydrogens (primary N) is 1. The summed E-state index contributed by atoms with van der Waals surface area (Å²) in [7, 11) is 0. The van der Waals surface area contributed by atoms with Crippen LogP contribution in [0, 0.1) is 11.8 Å². The van der Waals surface area contributed by atoms with Gasteiger partial charge in [-0.1, -0.05) is 39.5 Å². The first-order valence-electron chi connectivity index (χ1n) is 6.04. The van der Waals surface area contributed by atoms with E-state index in [2.05, 4.69) is 13.8 Å². The molecule has 0 fully saturated rings. The van der Waals surface area contributed by atoms with E-state index < -0.39 is 5.97 Å². The fourth-order valence-electron chi connectivity index (χ4n) is 1.71. The fourth-order valence-corrected chi connectivity index (χ4v) is 1.71. The first-order chi connectivity index (χ1) is 7.11. The van der Waals surface area contributed by atoms with Crippen LogP contribution in [-0.4, -0.2) is 17.6 Å². The quantitative estimate of drug-likeness (QED) is 0.581. The van der Waals surface area contributed by atoms with Crippen molar-refractivity contribution in [1.29, 1.82) is 0 Å². The summed E-state index contributed by atoms with van der Waals surface area (Å²) in [6.45, 7) is 4.65. The third kappa shape index (κ3) is 7.37. The monoisotopic (exact) mass is 215 g/mol. The number of carbonyl (C=O) groups is 1. The van der Waals surface area contributed by atoms with Crippen LogP contribution < -0.4 is 5.73 Å². The van der Waals surface area contributed by atoms with Crippen LogP contribution >= 0.6 is 0 Å². The zero-order chi connectivity index (χ0) is 11.7. The molecule has 0 saturated heterocycles. The largest absolute Gasteiger partial charge is 0.481 e. The lowest BCUT2D eigenvalue weighted by atomic mass is 9.93. The second kappa shape index (κ2) is 8.72. The highest BCUT2D eigenvalue weighted by molar-refractivity contribution is 5.70. The van der Waals surface area contributed by atoms with Crippen LogP contribution in [0.25, 0.3) is 0 Å². The maximum atomic E-state index is 10.7. The Hall–Kier alpha value is -0.570. The van der Waals surface area contributed by atoms with Gasteiger partial charge in [-0.05, 0) is 18.8 Å². The van der Waals surface area contributed by atoms with Gasteiger partial charge in [-0.25, -0.2) is 0 Å². The van der Waals surface area contributed by atoms with E-state index in [0.29, 0.717) is 5.92 Å². The van der Waals surface area contributed by atoms with Gasteiger partial charge in [0.15, 0.2) is 0 Å². The van der Waals surface area contributed by atoms with Crippen LogP contribution in [-0.2, 0) is 4.79 Å². The molecule has 0 radical (unpaired) electrons. The molecule has 0 rings (SSSR count). The number of hydrogen-bond donors (Lipinski definition) is 2. The van der Waals surface area contributed by atoms with Crippen molar-refractivity contribution in [3.8, 4) is 0 Å². The van der Waals surface area contributed by atoms with Crippen molar-refractivity contribution in [2.24, 2.45) is 17.6 Å². The zero-order valence-corrected chi connectivity index (χ0v) is 10.0. The second-order valence-corrected chi connectivity index (χ2v) is 4.45. The van der Waals surface area contributed by atoms with Crippen molar-refractivity contribution in [1.82, 2.24) is 0 Å². The minimum absolute atomic E-state index is 0.261. The zero-order valence-electron chi connectivity index (χ0n) is 10.0. The van der Waals surface area contributed by atoms with Crippen molar-refractivity contribution in [3.63, 3.8) is 0 Å². The Balaban J connectivity index is 3.59. The molecule has 0 bridgehead atoms.